The fraction of sp³-hybridized carbons (Fsp3) is 0.500. The van der Waals surface area contributed by atoms with Crippen molar-refractivity contribution in [3.63, 3.8) is 0 Å². The van der Waals surface area contributed by atoms with Crippen LogP contribution in [-0.4, -0.2) is 23.7 Å². The van der Waals surface area contributed by atoms with Crippen molar-refractivity contribution < 1.29 is 9.53 Å². The van der Waals surface area contributed by atoms with E-state index in [0.717, 1.165) is 12.1 Å². The molecule has 1 aromatic heterocycles. The van der Waals surface area contributed by atoms with Gasteiger partial charge in [0.05, 0.1) is 7.11 Å². The molecule has 0 aliphatic heterocycles. The van der Waals surface area contributed by atoms with Gasteiger partial charge in [-0.05, 0) is 19.1 Å². The Balaban J connectivity index is 2.90. The van der Waals surface area contributed by atoms with Crippen molar-refractivity contribution in [2.75, 3.05) is 7.11 Å². The molecule has 0 radical (unpaired) electrons. The SMILES string of the molecule is COC(=O)c1ccc(C[C@H](C)N)n1C. The molecule has 0 spiro atoms. The third-order valence-electron chi connectivity index (χ3n) is 2.15. The van der Waals surface area contributed by atoms with Gasteiger partial charge in [-0.1, -0.05) is 0 Å². The summed E-state index contributed by atoms with van der Waals surface area (Å²) < 4.78 is 6.46. The smallest absolute Gasteiger partial charge is 0.354 e. The van der Waals surface area contributed by atoms with E-state index in [2.05, 4.69) is 4.74 Å². The van der Waals surface area contributed by atoms with Crippen LogP contribution in [0.4, 0.5) is 0 Å². The monoisotopic (exact) mass is 196 g/mol. The second-order valence-corrected chi connectivity index (χ2v) is 3.44. The molecule has 0 aromatic carbocycles. The average molecular weight is 196 g/mol. The quantitative estimate of drug-likeness (QED) is 0.724. The summed E-state index contributed by atoms with van der Waals surface area (Å²) in [4.78, 5) is 11.3. The third kappa shape index (κ3) is 2.14. The first-order chi connectivity index (χ1) is 6.56. The Bertz CT molecular complexity index is 329. The van der Waals surface area contributed by atoms with E-state index >= 15 is 0 Å². The van der Waals surface area contributed by atoms with E-state index in [0.29, 0.717) is 5.69 Å². The van der Waals surface area contributed by atoms with E-state index in [1.54, 1.807) is 6.07 Å². The van der Waals surface area contributed by atoms with Crippen LogP contribution in [0.2, 0.25) is 0 Å². The Hall–Kier alpha value is -1.29. The minimum atomic E-state index is -0.316. The number of methoxy groups -OCH3 is 1. The molecule has 1 aromatic rings. The van der Waals surface area contributed by atoms with E-state index in [9.17, 15) is 4.79 Å². The van der Waals surface area contributed by atoms with Crippen LogP contribution < -0.4 is 5.73 Å². The van der Waals surface area contributed by atoms with E-state index < -0.39 is 0 Å². The van der Waals surface area contributed by atoms with Gasteiger partial charge < -0.3 is 15.0 Å². The molecule has 1 atom stereocenters. The fourth-order valence-corrected chi connectivity index (χ4v) is 1.40. The Morgan fingerprint density at radius 1 is 1.64 bits per heavy atom. The molecule has 0 aliphatic carbocycles. The zero-order chi connectivity index (χ0) is 10.7. The Morgan fingerprint density at radius 2 is 2.29 bits per heavy atom. The zero-order valence-corrected chi connectivity index (χ0v) is 8.78. The number of carbonyl (C=O) groups excluding carboxylic acids is 1. The highest BCUT2D eigenvalue weighted by molar-refractivity contribution is 5.87. The predicted octanol–water partition coefficient (Wildman–Crippen LogP) is 0.701. The first kappa shape index (κ1) is 10.8. The van der Waals surface area contributed by atoms with Gasteiger partial charge in [0.2, 0.25) is 0 Å². The lowest BCUT2D eigenvalue weighted by atomic mass is 10.2. The summed E-state index contributed by atoms with van der Waals surface area (Å²) in [6.45, 7) is 1.94. The van der Waals surface area contributed by atoms with Gasteiger partial charge in [0.15, 0.2) is 0 Å². The molecule has 0 aliphatic rings. The second-order valence-electron chi connectivity index (χ2n) is 3.44. The van der Waals surface area contributed by atoms with Crippen molar-refractivity contribution in [2.24, 2.45) is 12.8 Å². The van der Waals surface area contributed by atoms with E-state index in [-0.39, 0.29) is 12.0 Å². The van der Waals surface area contributed by atoms with Crippen LogP contribution in [0.5, 0.6) is 0 Å². The van der Waals surface area contributed by atoms with Crippen LogP contribution in [0.15, 0.2) is 12.1 Å². The first-order valence-electron chi connectivity index (χ1n) is 4.54. The summed E-state index contributed by atoms with van der Waals surface area (Å²) in [7, 11) is 3.21. The van der Waals surface area contributed by atoms with Crippen molar-refractivity contribution in [2.45, 2.75) is 19.4 Å². The van der Waals surface area contributed by atoms with Crippen LogP contribution in [0.3, 0.4) is 0 Å². The lowest BCUT2D eigenvalue weighted by Crippen LogP contribution is -2.20. The van der Waals surface area contributed by atoms with Crippen LogP contribution in [0, 0.1) is 0 Å². The molecule has 4 heteroatoms. The highest BCUT2D eigenvalue weighted by atomic mass is 16.5. The fourth-order valence-electron chi connectivity index (χ4n) is 1.40. The van der Waals surface area contributed by atoms with E-state index in [4.69, 9.17) is 5.73 Å². The average Bonchev–Trinajstić information content (AvgIpc) is 2.46. The summed E-state index contributed by atoms with van der Waals surface area (Å²) in [5, 5.41) is 0. The molecule has 0 unspecified atom stereocenters. The molecule has 14 heavy (non-hydrogen) atoms. The molecule has 0 bridgehead atoms. The highest BCUT2D eigenvalue weighted by Crippen LogP contribution is 2.09. The van der Waals surface area contributed by atoms with Crippen LogP contribution in [0.1, 0.15) is 23.1 Å². The van der Waals surface area contributed by atoms with Crippen molar-refractivity contribution in [1.29, 1.82) is 0 Å². The number of hydrogen-bond acceptors (Lipinski definition) is 3. The number of rotatable bonds is 3. The van der Waals surface area contributed by atoms with Gasteiger partial charge in [-0.2, -0.15) is 0 Å². The highest BCUT2D eigenvalue weighted by Gasteiger charge is 2.12. The molecule has 1 heterocycles. The van der Waals surface area contributed by atoms with Gasteiger partial charge in [0.1, 0.15) is 5.69 Å². The third-order valence-corrected chi connectivity index (χ3v) is 2.15. The zero-order valence-electron chi connectivity index (χ0n) is 8.78. The molecule has 2 N–H and O–H groups in total. The largest absolute Gasteiger partial charge is 0.464 e. The lowest BCUT2D eigenvalue weighted by Gasteiger charge is -2.08. The van der Waals surface area contributed by atoms with Crippen LogP contribution >= 0.6 is 0 Å². The van der Waals surface area contributed by atoms with Gasteiger partial charge >= 0.3 is 5.97 Å². The van der Waals surface area contributed by atoms with E-state index in [1.807, 2.05) is 24.6 Å². The van der Waals surface area contributed by atoms with Gasteiger partial charge in [-0.3, -0.25) is 0 Å². The number of esters is 1. The van der Waals surface area contributed by atoms with Crippen molar-refractivity contribution >= 4 is 5.97 Å². The first-order valence-corrected chi connectivity index (χ1v) is 4.54. The van der Waals surface area contributed by atoms with Gasteiger partial charge in [-0.25, -0.2) is 4.79 Å². The number of nitrogens with two attached hydrogens (primary N) is 1. The molecule has 0 saturated heterocycles. The van der Waals surface area contributed by atoms with Gasteiger partial charge in [0.25, 0.3) is 0 Å². The number of aromatic nitrogens is 1. The molecular weight excluding hydrogens is 180 g/mol. The topological polar surface area (TPSA) is 57.2 Å². The molecule has 78 valence electrons. The van der Waals surface area contributed by atoms with Crippen LogP contribution in [0.25, 0.3) is 0 Å². The predicted molar refractivity (Wildman–Crippen MR) is 54.1 cm³/mol. The summed E-state index contributed by atoms with van der Waals surface area (Å²) in [5.74, 6) is -0.316. The van der Waals surface area contributed by atoms with Crippen molar-refractivity contribution in [3.8, 4) is 0 Å². The number of hydrogen-bond donors (Lipinski definition) is 1. The normalized spacial score (nSPS) is 12.6. The maximum atomic E-state index is 11.3. The molecule has 0 amide bonds. The molecule has 0 saturated carbocycles. The number of carbonyl (C=O) groups is 1. The van der Waals surface area contributed by atoms with Crippen LogP contribution in [-0.2, 0) is 18.2 Å². The molecule has 1 rings (SSSR count). The summed E-state index contributed by atoms with van der Waals surface area (Å²) >= 11 is 0. The molecule has 4 nitrogen and oxygen atoms in total. The summed E-state index contributed by atoms with van der Waals surface area (Å²) in [6, 6.07) is 3.74. The summed E-state index contributed by atoms with van der Waals surface area (Å²) in [5.41, 5.74) is 7.28. The standard InChI is InChI=1S/C10H16N2O2/c1-7(11)6-8-4-5-9(12(8)2)10(13)14-3/h4-5,7H,6,11H2,1-3H3/t7-/m0/s1. The lowest BCUT2D eigenvalue weighted by molar-refractivity contribution is 0.0589. The number of nitrogens with zero attached hydrogens (tertiary/aromatic N) is 1. The summed E-state index contributed by atoms with van der Waals surface area (Å²) in [6.07, 6.45) is 0.757. The van der Waals surface area contributed by atoms with Crippen molar-refractivity contribution in [1.82, 2.24) is 4.57 Å². The Morgan fingerprint density at radius 3 is 2.79 bits per heavy atom. The van der Waals surface area contributed by atoms with Gasteiger partial charge in [0, 0.05) is 25.2 Å². The molecular formula is C10H16N2O2. The van der Waals surface area contributed by atoms with Gasteiger partial charge in [-0.15, -0.1) is 0 Å². The Kier molecular flexibility index (Phi) is 3.30. The van der Waals surface area contributed by atoms with E-state index in [1.165, 1.54) is 7.11 Å². The Labute approximate surface area is 83.7 Å². The van der Waals surface area contributed by atoms with Crippen molar-refractivity contribution in [3.05, 3.63) is 23.5 Å². The molecule has 0 fully saturated rings. The minimum Gasteiger partial charge on any atom is -0.464 e. The maximum Gasteiger partial charge on any atom is 0.354 e. The number of ether oxygens (including phenoxy) is 1. The second kappa shape index (κ2) is 4.28. The maximum absolute atomic E-state index is 11.3. The minimum absolute atomic E-state index is 0.0918.